The average molecular weight is 463 g/mol. The number of urea groups is 1. The van der Waals surface area contributed by atoms with E-state index in [2.05, 4.69) is 30.8 Å². The minimum absolute atomic E-state index is 0.216. The van der Waals surface area contributed by atoms with Gasteiger partial charge in [0.15, 0.2) is 17.4 Å². The van der Waals surface area contributed by atoms with Crippen LogP contribution in [0.15, 0.2) is 48.8 Å². The highest BCUT2D eigenvalue weighted by molar-refractivity contribution is 5.99. The van der Waals surface area contributed by atoms with Gasteiger partial charge in [-0.2, -0.15) is 0 Å². The molecule has 0 atom stereocenters. The Bertz CT molecular complexity index is 1150. The number of carbonyl (C=O) groups excluding carboxylic acids is 2. The molecule has 0 radical (unpaired) electrons. The fourth-order valence-electron chi connectivity index (χ4n) is 3.36. The summed E-state index contributed by atoms with van der Waals surface area (Å²) in [4.78, 5) is 38.7. The Morgan fingerprint density at radius 1 is 0.941 bits per heavy atom. The summed E-state index contributed by atoms with van der Waals surface area (Å²) >= 11 is 0. The Balaban J connectivity index is 1.41. The van der Waals surface area contributed by atoms with Crippen LogP contribution in [0.25, 0.3) is 11.4 Å². The van der Waals surface area contributed by atoms with Gasteiger partial charge in [-0.15, -0.1) is 0 Å². The lowest BCUT2D eigenvalue weighted by Crippen LogP contribution is -2.37. The molecule has 0 unspecified atom stereocenters. The van der Waals surface area contributed by atoms with Gasteiger partial charge in [0.2, 0.25) is 5.91 Å². The van der Waals surface area contributed by atoms with Gasteiger partial charge in [0.1, 0.15) is 5.82 Å². The summed E-state index contributed by atoms with van der Waals surface area (Å²) in [6, 6.07) is 10.1. The van der Waals surface area contributed by atoms with Crippen LogP contribution in [0.3, 0.4) is 0 Å². The number of nitrogens with one attached hydrogen (secondary N) is 3. The minimum atomic E-state index is -0.419. The maximum absolute atomic E-state index is 12.3. The van der Waals surface area contributed by atoms with Gasteiger partial charge in [-0.25, -0.2) is 19.7 Å². The molecule has 4 rings (SSSR count). The Kier molecular flexibility index (Phi) is 7.13. The number of ether oxygens (including phenoxy) is 2. The number of morpholine rings is 1. The van der Waals surface area contributed by atoms with Gasteiger partial charge in [-0.3, -0.25) is 4.79 Å². The summed E-state index contributed by atoms with van der Waals surface area (Å²) < 4.78 is 10.9. The number of anilines is 4. The summed E-state index contributed by atoms with van der Waals surface area (Å²) in [5.41, 5.74) is 1.90. The molecule has 3 aromatic rings. The summed E-state index contributed by atoms with van der Waals surface area (Å²) in [6.07, 6.45) is 3.12. The molecule has 11 nitrogen and oxygen atoms in total. The van der Waals surface area contributed by atoms with Crippen molar-refractivity contribution < 1.29 is 19.1 Å². The Hall–Kier alpha value is -4.25. The number of carbonyl (C=O) groups is 2. The largest absolute Gasteiger partial charge is 0.491 e. The van der Waals surface area contributed by atoms with E-state index in [-0.39, 0.29) is 5.91 Å². The molecule has 3 heterocycles. The minimum Gasteiger partial charge on any atom is -0.491 e. The fourth-order valence-corrected chi connectivity index (χ4v) is 3.36. The number of pyridine rings is 1. The number of rotatable bonds is 6. The van der Waals surface area contributed by atoms with E-state index in [1.807, 2.05) is 12.1 Å². The molecular formula is C23H25N7O4. The lowest BCUT2D eigenvalue weighted by molar-refractivity contribution is -0.114. The number of nitrogens with zero attached hydrogens (tertiary/aromatic N) is 4. The molecule has 11 heteroatoms. The van der Waals surface area contributed by atoms with Crippen molar-refractivity contribution in [2.75, 3.05) is 54.3 Å². The monoisotopic (exact) mass is 463 g/mol. The lowest BCUT2D eigenvalue weighted by atomic mass is 10.2. The molecule has 1 aliphatic rings. The van der Waals surface area contributed by atoms with Crippen molar-refractivity contribution >= 4 is 34.9 Å². The van der Waals surface area contributed by atoms with Crippen molar-refractivity contribution in [3.63, 3.8) is 0 Å². The highest BCUT2D eigenvalue weighted by Crippen LogP contribution is 2.29. The van der Waals surface area contributed by atoms with Crippen molar-refractivity contribution in [3.05, 3.63) is 48.8 Å². The van der Waals surface area contributed by atoms with E-state index < -0.39 is 6.03 Å². The van der Waals surface area contributed by atoms with Crippen molar-refractivity contribution in [3.8, 4) is 17.1 Å². The van der Waals surface area contributed by atoms with E-state index in [1.54, 1.807) is 37.6 Å². The molecule has 3 amide bonds. The zero-order valence-corrected chi connectivity index (χ0v) is 18.9. The quantitative estimate of drug-likeness (QED) is 0.509. The molecule has 176 valence electrons. The van der Waals surface area contributed by atoms with E-state index in [4.69, 9.17) is 14.5 Å². The molecule has 1 saturated heterocycles. The van der Waals surface area contributed by atoms with Crippen molar-refractivity contribution in [1.29, 1.82) is 0 Å². The second-order valence-corrected chi connectivity index (χ2v) is 7.45. The molecule has 1 aromatic carbocycles. The third-order valence-electron chi connectivity index (χ3n) is 4.99. The molecule has 0 bridgehead atoms. The maximum atomic E-state index is 12.3. The number of benzene rings is 1. The Labute approximate surface area is 196 Å². The van der Waals surface area contributed by atoms with Crippen molar-refractivity contribution in [2.24, 2.45) is 0 Å². The SMILES string of the molecule is COc1cnc(-c2ccc(NC(=O)Nc3ccc(NC(C)=O)nc3)cc2)nc1N1CCOCC1. The summed E-state index contributed by atoms with van der Waals surface area (Å²) in [5, 5.41) is 8.03. The molecule has 2 aromatic heterocycles. The number of methoxy groups -OCH3 is 1. The first kappa shape index (κ1) is 22.9. The summed E-state index contributed by atoms with van der Waals surface area (Å²) in [6.45, 7) is 4.14. The predicted molar refractivity (Wildman–Crippen MR) is 128 cm³/mol. The normalized spacial score (nSPS) is 13.2. The fraction of sp³-hybridized carbons (Fsp3) is 0.261. The molecule has 0 aliphatic carbocycles. The van der Waals surface area contributed by atoms with Gasteiger partial charge in [0, 0.05) is 31.3 Å². The van der Waals surface area contributed by atoms with Gasteiger partial charge in [0.05, 0.1) is 38.4 Å². The zero-order valence-electron chi connectivity index (χ0n) is 18.9. The van der Waals surface area contributed by atoms with Gasteiger partial charge >= 0.3 is 6.03 Å². The third kappa shape index (κ3) is 5.75. The van der Waals surface area contributed by atoms with Crippen LogP contribution >= 0.6 is 0 Å². The molecule has 1 fully saturated rings. The molecular weight excluding hydrogens is 438 g/mol. The van der Waals surface area contributed by atoms with Crippen LogP contribution in [0.2, 0.25) is 0 Å². The lowest BCUT2D eigenvalue weighted by Gasteiger charge is -2.28. The Morgan fingerprint density at radius 2 is 1.65 bits per heavy atom. The number of hydrogen-bond acceptors (Lipinski definition) is 8. The van der Waals surface area contributed by atoms with Crippen LogP contribution in [0.4, 0.5) is 27.8 Å². The van der Waals surface area contributed by atoms with Gasteiger partial charge < -0.3 is 30.3 Å². The first-order valence-electron chi connectivity index (χ1n) is 10.7. The standard InChI is InChI=1S/C23H25N7O4/c1-15(31)26-20-8-7-18(13-24-20)28-23(32)27-17-5-3-16(4-6-17)21-25-14-19(33-2)22(29-21)30-9-11-34-12-10-30/h3-8,13-14H,9-12H2,1-2H3,(H,24,26,31)(H2,27,28,32). The number of amides is 3. The number of hydrogen-bond donors (Lipinski definition) is 3. The van der Waals surface area contributed by atoms with Crippen LogP contribution in [0, 0.1) is 0 Å². The second kappa shape index (κ2) is 10.6. The van der Waals surface area contributed by atoms with Gasteiger partial charge in [-0.1, -0.05) is 0 Å². The third-order valence-corrected chi connectivity index (χ3v) is 4.99. The molecule has 1 aliphatic heterocycles. The van der Waals surface area contributed by atoms with Crippen LogP contribution in [0.1, 0.15) is 6.92 Å². The first-order chi connectivity index (χ1) is 16.5. The summed E-state index contributed by atoms with van der Waals surface area (Å²) in [7, 11) is 1.60. The van der Waals surface area contributed by atoms with Gasteiger partial charge in [-0.05, 0) is 36.4 Å². The van der Waals surface area contributed by atoms with Crippen LogP contribution in [-0.4, -0.2) is 60.3 Å². The van der Waals surface area contributed by atoms with Crippen LogP contribution < -0.4 is 25.6 Å². The molecule has 0 saturated carbocycles. The van der Waals surface area contributed by atoms with Crippen molar-refractivity contribution in [1.82, 2.24) is 15.0 Å². The smallest absolute Gasteiger partial charge is 0.323 e. The highest BCUT2D eigenvalue weighted by atomic mass is 16.5. The zero-order chi connectivity index (χ0) is 23.9. The first-order valence-corrected chi connectivity index (χ1v) is 10.7. The predicted octanol–water partition coefficient (Wildman–Crippen LogP) is 2.99. The van der Waals surface area contributed by atoms with Crippen LogP contribution in [-0.2, 0) is 9.53 Å². The second-order valence-electron chi connectivity index (χ2n) is 7.45. The van der Waals surface area contributed by atoms with Gasteiger partial charge in [0.25, 0.3) is 0 Å². The maximum Gasteiger partial charge on any atom is 0.323 e. The molecule has 0 spiro atoms. The summed E-state index contributed by atoms with van der Waals surface area (Å²) in [5.74, 6) is 2.10. The topological polar surface area (TPSA) is 131 Å². The van der Waals surface area contributed by atoms with E-state index >= 15 is 0 Å². The van der Waals surface area contributed by atoms with E-state index in [0.717, 1.165) is 24.5 Å². The van der Waals surface area contributed by atoms with E-state index in [1.165, 1.54) is 13.1 Å². The van der Waals surface area contributed by atoms with E-state index in [0.29, 0.717) is 42.0 Å². The highest BCUT2D eigenvalue weighted by Gasteiger charge is 2.19. The number of aromatic nitrogens is 3. The average Bonchev–Trinajstić information content (AvgIpc) is 2.85. The molecule has 34 heavy (non-hydrogen) atoms. The van der Waals surface area contributed by atoms with Crippen molar-refractivity contribution in [2.45, 2.75) is 6.92 Å². The Morgan fingerprint density at radius 3 is 2.29 bits per heavy atom. The van der Waals surface area contributed by atoms with E-state index in [9.17, 15) is 9.59 Å². The molecule has 3 N–H and O–H groups in total. The van der Waals surface area contributed by atoms with Crippen LogP contribution in [0.5, 0.6) is 5.75 Å².